The molecule has 1 aromatic heterocycles. The molecule has 1 heterocycles. The van der Waals surface area contributed by atoms with Crippen LogP contribution in [-0.2, 0) is 13.6 Å². The van der Waals surface area contributed by atoms with E-state index >= 15 is 0 Å². The first-order valence-corrected chi connectivity index (χ1v) is 6.22. The van der Waals surface area contributed by atoms with Crippen LogP contribution in [0.5, 0.6) is 0 Å². The molecule has 0 bridgehead atoms. The minimum Gasteiger partial charge on any atom is -0.389 e. The molecular weight excluding hydrogens is 200 g/mol. The smallest absolute Gasteiger partial charge is 0.0771 e. The molecule has 0 amide bonds. The normalized spacial score (nSPS) is 19.9. The third-order valence-corrected chi connectivity index (χ3v) is 3.46. The fourth-order valence-electron chi connectivity index (χ4n) is 2.49. The van der Waals surface area contributed by atoms with E-state index in [1.54, 1.807) is 0 Å². The highest BCUT2D eigenvalue weighted by molar-refractivity contribution is 5.09. The van der Waals surface area contributed by atoms with Crippen LogP contribution in [0.3, 0.4) is 0 Å². The summed E-state index contributed by atoms with van der Waals surface area (Å²) in [6, 6.07) is 2.11. The Hall–Kier alpha value is -0.800. The molecule has 0 unspecified atom stereocenters. The molecule has 2 N–H and O–H groups in total. The Morgan fingerprint density at radius 2 is 2.12 bits per heavy atom. The first kappa shape index (κ1) is 11.7. The van der Waals surface area contributed by atoms with Crippen LogP contribution in [0.2, 0.25) is 0 Å². The van der Waals surface area contributed by atoms with Gasteiger partial charge in [-0.15, -0.1) is 0 Å². The summed E-state index contributed by atoms with van der Waals surface area (Å²) in [4.78, 5) is 0. The van der Waals surface area contributed by atoms with E-state index in [1.807, 2.05) is 17.8 Å². The van der Waals surface area contributed by atoms with Gasteiger partial charge in [-0.25, -0.2) is 0 Å². The number of aliphatic hydroxyl groups is 1. The van der Waals surface area contributed by atoms with Crippen molar-refractivity contribution in [1.29, 1.82) is 0 Å². The summed E-state index contributed by atoms with van der Waals surface area (Å²) in [6.45, 7) is 1.57. The first-order valence-electron chi connectivity index (χ1n) is 6.22. The third-order valence-electron chi connectivity index (χ3n) is 3.46. The van der Waals surface area contributed by atoms with Gasteiger partial charge in [-0.2, -0.15) is 0 Å². The van der Waals surface area contributed by atoms with E-state index in [2.05, 4.69) is 17.6 Å². The molecule has 0 radical (unpaired) electrons. The number of aryl methyl sites for hydroxylation is 1. The second kappa shape index (κ2) is 5.02. The van der Waals surface area contributed by atoms with E-state index in [4.69, 9.17) is 0 Å². The minimum absolute atomic E-state index is 0.451. The van der Waals surface area contributed by atoms with Gasteiger partial charge in [0.15, 0.2) is 0 Å². The Bertz CT molecular complexity index is 326. The van der Waals surface area contributed by atoms with Crippen LogP contribution in [0.15, 0.2) is 18.5 Å². The Balaban J connectivity index is 1.74. The molecule has 0 saturated heterocycles. The quantitative estimate of drug-likeness (QED) is 0.815. The van der Waals surface area contributed by atoms with E-state index in [0.717, 1.165) is 25.9 Å². The van der Waals surface area contributed by atoms with Crippen LogP contribution in [0.25, 0.3) is 0 Å². The highest BCUT2D eigenvalue weighted by Gasteiger charge is 2.28. The van der Waals surface area contributed by atoms with E-state index in [9.17, 15) is 5.11 Å². The number of hydrogen-bond donors (Lipinski definition) is 2. The molecule has 1 fully saturated rings. The van der Waals surface area contributed by atoms with Crippen LogP contribution < -0.4 is 5.32 Å². The largest absolute Gasteiger partial charge is 0.389 e. The number of nitrogens with one attached hydrogen (secondary N) is 1. The van der Waals surface area contributed by atoms with Crippen molar-refractivity contribution in [1.82, 2.24) is 9.88 Å². The predicted molar refractivity (Wildman–Crippen MR) is 65.2 cm³/mol. The van der Waals surface area contributed by atoms with Crippen molar-refractivity contribution >= 4 is 0 Å². The molecule has 0 aromatic carbocycles. The van der Waals surface area contributed by atoms with Gasteiger partial charge in [0.05, 0.1) is 5.60 Å². The monoisotopic (exact) mass is 222 g/mol. The highest BCUT2D eigenvalue weighted by Crippen LogP contribution is 2.27. The second-order valence-corrected chi connectivity index (χ2v) is 5.07. The van der Waals surface area contributed by atoms with E-state index in [-0.39, 0.29) is 0 Å². The molecule has 90 valence electrons. The van der Waals surface area contributed by atoms with Gasteiger partial charge in [-0.3, -0.25) is 0 Å². The minimum atomic E-state index is -0.451. The van der Waals surface area contributed by atoms with Gasteiger partial charge in [0.1, 0.15) is 0 Å². The van der Waals surface area contributed by atoms with Gasteiger partial charge in [-0.1, -0.05) is 19.3 Å². The lowest BCUT2D eigenvalue weighted by Gasteiger charge is -2.32. The van der Waals surface area contributed by atoms with Gasteiger partial charge in [0.2, 0.25) is 0 Å². The molecule has 0 atom stereocenters. The third kappa shape index (κ3) is 3.09. The Morgan fingerprint density at radius 3 is 2.75 bits per heavy atom. The molecule has 1 saturated carbocycles. The Labute approximate surface area is 97.5 Å². The van der Waals surface area contributed by atoms with Gasteiger partial charge >= 0.3 is 0 Å². The predicted octanol–water partition coefficient (Wildman–Crippen LogP) is 1.81. The first-order chi connectivity index (χ1) is 7.68. The summed E-state index contributed by atoms with van der Waals surface area (Å²) in [5.41, 5.74) is 0.828. The summed E-state index contributed by atoms with van der Waals surface area (Å²) >= 11 is 0. The van der Waals surface area contributed by atoms with Crippen molar-refractivity contribution in [3.05, 3.63) is 24.0 Å². The average Bonchev–Trinajstić information content (AvgIpc) is 2.65. The summed E-state index contributed by atoms with van der Waals surface area (Å²) in [6.07, 6.45) is 9.68. The zero-order valence-corrected chi connectivity index (χ0v) is 10.1. The van der Waals surface area contributed by atoms with Crippen molar-refractivity contribution < 1.29 is 5.11 Å². The molecular formula is C13H22N2O. The second-order valence-electron chi connectivity index (χ2n) is 5.07. The van der Waals surface area contributed by atoms with Gasteiger partial charge < -0.3 is 15.0 Å². The van der Waals surface area contributed by atoms with Crippen molar-refractivity contribution in [2.45, 2.75) is 44.2 Å². The molecule has 0 spiro atoms. The number of nitrogens with zero attached hydrogens (tertiary/aromatic N) is 1. The summed E-state index contributed by atoms with van der Waals surface area (Å²) in [5.74, 6) is 0. The fourth-order valence-corrected chi connectivity index (χ4v) is 2.49. The summed E-state index contributed by atoms with van der Waals surface area (Å²) in [7, 11) is 2.03. The Morgan fingerprint density at radius 1 is 1.38 bits per heavy atom. The Kier molecular flexibility index (Phi) is 3.66. The van der Waals surface area contributed by atoms with Crippen molar-refractivity contribution in [2.24, 2.45) is 7.05 Å². The molecule has 1 aromatic rings. The van der Waals surface area contributed by atoms with Crippen LogP contribution >= 0.6 is 0 Å². The maximum atomic E-state index is 10.3. The molecule has 1 aliphatic rings. The molecule has 1 aliphatic carbocycles. The SMILES string of the molecule is Cn1ccc(CNCC2(O)CCCCC2)c1. The standard InChI is InChI=1S/C13H22N2O/c1-15-8-5-12(10-15)9-14-11-13(16)6-3-2-4-7-13/h5,8,10,14,16H,2-4,6-7,9,11H2,1H3. The number of aromatic nitrogens is 1. The van der Waals surface area contributed by atoms with Gasteiger partial charge in [0.25, 0.3) is 0 Å². The van der Waals surface area contributed by atoms with E-state index in [0.29, 0.717) is 0 Å². The summed E-state index contributed by atoms with van der Waals surface area (Å²) in [5, 5.41) is 13.6. The lowest BCUT2D eigenvalue weighted by atomic mass is 9.85. The van der Waals surface area contributed by atoms with Gasteiger partial charge in [-0.05, 0) is 24.5 Å². The van der Waals surface area contributed by atoms with Gasteiger partial charge in [0, 0.05) is 32.5 Å². The lowest BCUT2D eigenvalue weighted by molar-refractivity contribution is 0.00468. The lowest BCUT2D eigenvalue weighted by Crippen LogP contribution is -2.41. The van der Waals surface area contributed by atoms with Crippen molar-refractivity contribution in [2.75, 3.05) is 6.54 Å². The molecule has 0 aliphatic heterocycles. The van der Waals surface area contributed by atoms with E-state index in [1.165, 1.54) is 24.8 Å². The average molecular weight is 222 g/mol. The number of rotatable bonds is 4. The highest BCUT2D eigenvalue weighted by atomic mass is 16.3. The maximum absolute atomic E-state index is 10.3. The zero-order valence-electron chi connectivity index (χ0n) is 10.1. The summed E-state index contributed by atoms with van der Waals surface area (Å²) < 4.78 is 2.05. The van der Waals surface area contributed by atoms with Crippen molar-refractivity contribution in [3.8, 4) is 0 Å². The maximum Gasteiger partial charge on any atom is 0.0771 e. The van der Waals surface area contributed by atoms with Crippen LogP contribution in [0.4, 0.5) is 0 Å². The molecule has 2 rings (SSSR count). The molecule has 3 heteroatoms. The number of hydrogen-bond acceptors (Lipinski definition) is 2. The van der Waals surface area contributed by atoms with Crippen LogP contribution in [-0.4, -0.2) is 21.8 Å². The molecule has 3 nitrogen and oxygen atoms in total. The van der Waals surface area contributed by atoms with Crippen molar-refractivity contribution in [3.63, 3.8) is 0 Å². The molecule has 16 heavy (non-hydrogen) atoms. The van der Waals surface area contributed by atoms with E-state index < -0.39 is 5.60 Å². The topological polar surface area (TPSA) is 37.2 Å². The van der Waals surface area contributed by atoms with Crippen LogP contribution in [0.1, 0.15) is 37.7 Å². The fraction of sp³-hybridized carbons (Fsp3) is 0.692. The van der Waals surface area contributed by atoms with Crippen LogP contribution in [0, 0.1) is 0 Å². The zero-order chi connectivity index (χ0) is 11.4.